The Morgan fingerprint density at radius 2 is 1.81 bits per heavy atom. The highest BCUT2D eigenvalue weighted by Gasteiger charge is 2.17. The molecule has 0 atom stereocenters. The molecule has 0 heterocycles. The van der Waals surface area contributed by atoms with E-state index in [-0.39, 0.29) is 31.0 Å². The summed E-state index contributed by atoms with van der Waals surface area (Å²) in [6.07, 6.45) is -0.287. The van der Waals surface area contributed by atoms with Crippen molar-refractivity contribution in [3.05, 3.63) is 22.8 Å². The maximum Gasteiger partial charge on any atom is 0.338 e. The summed E-state index contributed by atoms with van der Waals surface area (Å²) in [4.78, 5) is 25.2. The Balaban J connectivity index is 4.69. The van der Waals surface area contributed by atoms with Crippen molar-refractivity contribution in [1.82, 2.24) is 0 Å². The van der Waals surface area contributed by atoms with Crippen molar-refractivity contribution in [2.75, 3.05) is 13.2 Å². The van der Waals surface area contributed by atoms with Crippen LogP contribution in [-0.2, 0) is 19.1 Å². The van der Waals surface area contributed by atoms with Crippen LogP contribution in [0.2, 0.25) is 0 Å². The van der Waals surface area contributed by atoms with Gasteiger partial charge >= 0.3 is 11.9 Å². The highest BCUT2D eigenvalue weighted by molar-refractivity contribution is 5.92. The molecule has 0 aliphatic heterocycles. The number of carbonyl (C=O) groups is 2. The average Bonchev–Trinajstić information content (AvgIpc) is 2.19. The van der Waals surface area contributed by atoms with Gasteiger partial charge < -0.3 is 15.2 Å². The quantitative estimate of drug-likeness (QED) is 0.421. The largest absolute Gasteiger partial charge is 0.471 e. The number of esters is 2. The summed E-state index contributed by atoms with van der Waals surface area (Å²) in [5.74, 6) is -1.40. The van der Waals surface area contributed by atoms with Gasteiger partial charge in [-0.25, -0.2) is 4.85 Å². The van der Waals surface area contributed by atoms with Gasteiger partial charge in [0, 0.05) is 5.70 Å². The summed E-state index contributed by atoms with van der Waals surface area (Å²) in [5, 5.41) is 0. The Morgan fingerprint density at radius 3 is 2.25 bits per heavy atom. The Morgan fingerprint density at radius 1 is 1.25 bits per heavy atom. The molecular formula is C10H14N2O4. The first-order chi connectivity index (χ1) is 7.56. The van der Waals surface area contributed by atoms with Gasteiger partial charge in [-0.05, 0) is 13.8 Å². The zero-order valence-electron chi connectivity index (χ0n) is 9.28. The van der Waals surface area contributed by atoms with Gasteiger partial charge in [0.25, 0.3) is 5.70 Å². The lowest BCUT2D eigenvalue weighted by molar-refractivity contribution is -0.142. The van der Waals surface area contributed by atoms with Crippen molar-refractivity contribution < 1.29 is 19.1 Å². The van der Waals surface area contributed by atoms with E-state index in [1.165, 1.54) is 0 Å². The minimum atomic E-state index is -0.820. The van der Waals surface area contributed by atoms with Crippen molar-refractivity contribution in [2.45, 2.75) is 20.3 Å². The van der Waals surface area contributed by atoms with Gasteiger partial charge in [-0.3, -0.25) is 9.59 Å². The van der Waals surface area contributed by atoms with Crippen LogP contribution in [0.25, 0.3) is 4.85 Å². The molecule has 0 spiro atoms. The van der Waals surface area contributed by atoms with Crippen LogP contribution in [0.4, 0.5) is 0 Å². The first-order valence-corrected chi connectivity index (χ1v) is 4.75. The molecule has 2 N–H and O–H groups in total. The van der Waals surface area contributed by atoms with E-state index in [1.807, 2.05) is 0 Å². The van der Waals surface area contributed by atoms with Crippen molar-refractivity contribution in [3.8, 4) is 0 Å². The molecule has 0 radical (unpaired) electrons. The molecule has 0 aromatic heterocycles. The number of hydrogen-bond acceptors (Lipinski definition) is 5. The van der Waals surface area contributed by atoms with Gasteiger partial charge in [-0.15, -0.1) is 0 Å². The van der Waals surface area contributed by atoms with E-state index in [2.05, 4.69) is 14.3 Å². The van der Waals surface area contributed by atoms with Gasteiger partial charge in [-0.2, -0.15) is 0 Å². The molecule has 0 aliphatic carbocycles. The highest BCUT2D eigenvalue weighted by atomic mass is 16.5. The van der Waals surface area contributed by atoms with Crippen LogP contribution in [0.3, 0.4) is 0 Å². The van der Waals surface area contributed by atoms with Gasteiger partial charge in [0.2, 0.25) is 0 Å². The van der Waals surface area contributed by atoms with Gasteiger partial charge in [0.1, 0.15) is 0 Å². The van der Waals surface area contributed by atoms with E-state index in [0.717, 1.165) is 0 Å². The third kappa shape index (κ3) is 4.46. The molecule has 0 unspecified atom stereocenters. The predicted octanol–water partition coefficient (Wildman–Crippen LogP) is 0.592. The molecule has 16 heavy (non-hydrogen) atoms. The molecular weight excluding hydrogens is 212 g/mol. The van der Waals surface area contributed by atoms with Crippen molar-refractivity contribution in [3.63, 3.8) is 0 Å². The molecule has 88 valence electrons. The molecule has 6 nitrogen and oxygen atoms in total. The van der Waals surface area contributed by atoms with E-state index in [1.54, 1.807) is 13.8 Å². The van der Waals surface area contributed by atoms with E-state index >= 15 is 0 Å². The summed E-state index contributed by atoms with van der Waals surface area (Å²) in [6, 6.07) is 0. The van der Waals surface area contributed by atoms with Gasteiger partial charge in [0.05, 0.1) is 26.2 Å². The predicted molar refractivity (Wildman–Crippen MR) is 55.7 cm³/mol. The summed E-state index contributed by atoms with van der Waals surface area (Å²) >= 11 is 0. The number of nitrogens with two attached hydrogens (primary N) is 1. The Kier molecular flexibility index (Phi) is 6.36. The maximum atomic E-state index is 11.2. The number of carbonyl (C=O) groups excluding carboxylic acids is 2. The second kappa shape index (κ2) is 7.29. The fourth-order valence-corrected chi connectivity index (χ4v) is 0.899. The van der Waals surface area contributed by atoms with Crippen LogP contribution in [-0.4, -0.2) is 25.2 Å². The van der Waals surface area contributed by atoms with Gasteiger partial charge in [-0.1, -0.05) is 0 Å². The molecule has 0 aliphatic rings. The zero-order valence-corrected chi connectivity index (χ0v) is 9.28. The van der Waals surface area contributed by atoms with Crippen LogP contribution < -0.4 is 5.73 Å². The molecule has 0 saturated carbocycles. The first kappa shape index (κ1) is 14.0. The van der Waals surface area contributed by atoms with E-state index < -0.39 is 11.9 Å². The molecule has 0 rings (SSSR count). The standard InChI is InChI=1S/C10H14N2O4/c1-4-15-8(13)6-7(11)9(12-3)10(14)16-5-2/h4-6,11H2,1-2H3/b9-7-. The lowest BCUT2D eigenvalue weighted by atomic mass is 10.2. The maximum absolute atomic E-state index is 11.2. The molecule has 0 aromatic carbocycles. The smallest absolute Gasteiger partial charge is 0.338 e. The molecule has 6 heteroatoms. The lowest BCUT2D eigenvalue weighted by Gasteiger charge is -2.05. The monoisotopic (exact) mass is 226 g/mol. The van der Waals surface area contributed by atoms with E-state index in [0.29, 0.717) is 0 Å². The number of nitrogens with zero attached hydrogens (tertiary/aromatic N) is 1. The number of rotatable bonds is 5. The second-order valence-electron chi connectivity index (χ2n) is 2.69. The van der Waals surface area contributed by atoms with Crippen LogP contribution in [0.1, 0.15) is 20.3 Å². The molecule has 0 aromatic rings. The number of hydrogen-bond donors (Lipinski definition) is 1. The van der Waals surface area contributed by atoms with Crippen LogP contribution >= 0.6 is 0 Å². The fraction of sp³-hybridized carbons (Fsp3) is 0.500. The molecule has 0 bridgehead atoms. The minimum Gasteiger partial charge on any atom is -0.471 e. The van der Waals surface area contributed by atoms with Crippen molar-refractivity contribution in [2.24, 2.45) is 5.73 Å². The van der Waals surface area contributed by atoms with Crippen molar-refractivity contribution in [1.29, 1.82) is 0 Å². The second-order valence-corrected chi connectivity index (χ2v) is 2.69. The first-order valence-electron chi connectivity index (χ1n) is 4.75. The molecule has 0 amide bonds. The average molecular weight is 226 g/mol. The minimum absolute atomic E-state index is 0.132. The van der Waals surface area contributed by atoms with Crippen LogP contribution in [0.5, 0.6) is 0 Å². The summed E-state index contributed by atoms with van der Waals surface area (Å²) < 4.78 is 9.25. The highest BCUT2D eigenvalue weighted by Crippen LogP contribution is 2.08. The normalized spacial score (nSPS) is 11.1. The lowest BCUT2D eigenvalue weighted by Crippen LogP contribution is -2.16. The third-order valence-electron chi connectivity index (χ3n) is 1.52. The summed E-state index contributed by atoms with van der Waals surface area (Å²) in [7, 11) is 0. The SMILES string of the molecule is [C-]#[N+]/C(C(=O)OCC)=C(\N)CC(=O)OCC. The molecule has 0 fully saturated rings. The van der Waals surface area contributed by atoms with Crippen molar-refractivity contribution >= 4 is 11.9 Å². The Hall–Kier alpha value is -2.03. The summed E-state index contributed by atoms with van der Waals surface area (Å²) in [6.45, 7) is 10.4. The Bertz CT molecular complexity index is 341. The van der Waals surface area contributed by atoms with Crippen LogP contribution in [0.15, 0.2) is 11.4 Å². The zero-order chi connectivity index (χ0) is 12.6. The Labute approximate surface area is 93.8 Å². The summed E-state index contributed by atoms with van der Waals surface area (Å²) in [5.41, 5.74) is 4.96. The van der Waals surface area contributed by atoms with E-state index in [9.17, 15) is 9.59 Å². The van der Waals surface area contributed by atoms with E-state index in [4.69, 9.17) is 12.3 Å². The fourth-order valence-electron chi connectivity index (χ4n) is 0.899. The topological polar surface area (TPSA) is 83.0 Å². The third-order valence-corrected chi connectivity index (χ3v) is 1.52. The van der Waals surface area contributed by atoms with Gasteiger partial charge in [0.15, 0.2) is 0 Å². The molecule has 0 saturated heterocycles. The van der Waals surface area contributed by atoms with Crippen LogP contribution in [0, 0.1) is 6.57 Å². The number of ether oxygens (including phenoxy) is 2.